The highest BCUT2D eigenvalue weighted by Gasteiger charge is 2.43. The number of fused-ring (bicyclic) bond motifs is 5. The lowest BCUT2D eigenvalue weighted by molar-refractivity contribution is -0.128. The van der Waals surface area contributed by atoms with Gasteiger partial charge in [0.2, 0.25) is 0 Å². The minimum Gasteiger partial charge on any atom is -0.504 e. The highest BCUT2D eigenvalue weighted by Crippen LogP contribution is 2.47. The predicted octanol–water partition coefficient (Wildman–Crippen LogP) is 4.91. The van der Waals surface area contributed by atoms with E-state index in [0.717, 1.165) is 68.7 Å². The first-order valence-electron chi connectivity index (χ1n) is 12.5. The second-order valence-corrected chi connectivity index (χ2v) is 9.37. The van der Waals surface area contributed by atoms with Crippen molar-refractivity contribution in [3.63, 3.8) is 0 Å². The van der Waals surface area contributed by atoms with Crippen molar-refractivity contribution in [2.24, 2.45) is 11.8 Å². The molecule has 1 amide bonds. The lowest BCUT2D eigenvalue weighted by Crippen LogP contribution is -2.48. The number of nitrogens with one attached hydrogen (secondary N) is 1. The molecule has 180 valence electrons. The number of carbonyl (C=O) groups excluding carboxylic acids is 1. The first kappa shape index (κ1) is 23.7. The fourth-order valence-electron chi connectivity index (χ4n) is 6.03. The number of likely N-dealkylation sites (N-methyl/N-ethyl adjacent to an activating group) is 1. The highest BCUT2D eigenvalue weighted by atomic mass is 16.5. The molecule has 0 saturated carbocycles. The number of amides is 1. The van der Waals surface area contributed by atoms with Crippen molar-refractivity contribution < 1.29 is 14.3 Å². The number of ether oxygens (including phenoxy) is 2. The molecule has 1 aromatic carbocycles. The summed E-state index contributed by atoms with van der Waals surface area (Å²) in [6, 6.07) is 6.50. The number of piperidine rings is 1. The summed E-state index contributed by atoms with van der Waals surface area (Å²) in [6.07, 6.45) is 5.67. The number of H-pyrrole nitrogens is 1. The second kappa shape index (κ2) is 10.2. The highest BCUT2D eigenvalue weighted by molar-refractivity contribution is 5.94. The van der Waals surface area contributed by atoms with Crippen LogP contribution in [0.3, 0.4) is 0 Å². The Hall–Kier alpha value is -2.47. The van der Waals surface area contributed by atoms with Crippen LogP contribution in [-0.2, 0) is 16.0 Å². The maximum atomic E-state index is 13.6. The fraction of sp³-hybridized carbons (Fsp3) is 0.593. The third kappa shape index (κ3) is 4.25. The van der Waals surface area contributed by atoms with Gasteiger partial charge in [0.25, 0.3) is 5.91 Å². The van der Waals surface area contributed by atoms with Gasteiger partial charge >= 0.3 is 0 Å². The minimum absolute atomic E-state index is 0.132. The molecule has 1 aromatic heterocycles. The first-order chi connectivity index (χ1) is 16.1. The molecule has 3 atom stereocenters. The van der Waals surface area contributed by atoms with Crippen LogP contribution in [0.2, 0.25) is 0 Å². The topological polar surface area (TPSA) is 57.8 Å². The standard InChI is InChI=1S/C27H39N3O3/c1-6-13-29(8-3)27(31)21(17-32-4)20-15-23-26-19(12-14-30(23)16-18(20)7-2)25-22(28-26)10-9-11-24(25)33-5/h9-11,17-18,20,23,28H,6-8,12-16H2,1-5H3/b21-17+. The van der Waals surface area contributed by atoms with Crippen LogP contribution in [0.25, 0.3) is 10.9 Å². The SMILES string of the molecule is CCCN(CC)C(=O)/C(=C/OC)C1CC2c3[nH]c4cccc(OC)c4c3CCN2CC1CC. The summed E-state index contributed by atoms with van der Waals surface area (Å²) in [6.45, 7) is 9.98. The summed E-state index contributed by atoms with van der Waals surface area (Å²) in [4.78, 5) is 21.9. The fourth-order valence-corrected chi connectivity index (χ4v) is 6.03. The quantitative estimate of drug-likeness (QED) is 0.456. The van der Waals surface area contributed by atoms with Gasteiger partial charge in [-0.3, -0.25) is 9.69 Å². The van der Waals surface area contributed by atoms with Crippen LogP contribution in [0, 0.1) is 11.8 Å². The van der Waals surface area contributed by atoms with Crippen LogP contribution in [0.4, 0.5) is 0 Å². The van der Waals surface area contributed by atoms with E-state index < -0.39 is 0 Å². The van der Waals surface area contributed by atoms with Crippen molar-refractivity contribution in [3.05, 3.63) is 41.3 Å². The average Bonchev–Trinajstić information content (AvgIpc) is 3.24. The number of rotatable bonds is 8. The van der Waals surface area contributed by atoms with Gasteiger partial charge in [0.1, 0.15) is 5.75 Å². The van der Waals surface area contributed by atoms with Crippen molar-refractivity contribution in [2.45, 2.75) is 52.5 Å². The van der Waals surface area contributed by atoms with Gasteiger partial charge in [0, 0.05) is 42.8 Å². The molecule has 4 rings (SSSR count). The molecule has 3 unspecified atom stereocenters. The predicted molar refractivity (Wildman–Crippen MR) is 132 cm³/mol. The molecule has 2 aromatic rings. The van der Waals surface area contributed by atoms with E-state index in [-0.39, 0.29) is 17.9 Å². The number of hydrogen-bond acceptors (Lipinski definition) is 4. The summed E-state index contributed by atoms with van der Waals surface area (Å²) in [5.74, 6) is 1.68. The Labute approximate surface area is 197 Å². The molecule has 0 aliphatic carbocycles. The molecular formula is C27H39N3O3. The Morgan fingerprint density at radius 2 is 2.09 bits per heavy atom. The van der Waals surface area contributed by atoms with E-state index in [2.05, 4.69) is 36.7 Å². The maximum Gasteiger partial charge on any atom is 0.253 e. The lowest BCUT2D eigenvalue weighted by Gasteiger charge is -2.47. The van der Waals surface area contributed by atoms with Gasteiger partial charge in [-0.15, -0.1) is 0 Å². The average molecular weight is 454 g/mol. The Morgan fingerprint density at radius 3 is 2.76 bits per heavy atom. The second-order valence-electron chi connectivity index (χ2n) is 9.37. The van der Waals surface area contributed by atoms with E-state index in [1.165, 1.54) is 16.6 Å². The van der Waals surface area contributed by atoms with Crippen molar-refractivity contribution >= 4 is 16.8 Å². The maximum absolute atomic E-state index is 13.6. The molecule has 1 N–H and O–H groups in total. The van der Waals surface area contributed by atoms with Crippen LogP contribution < -0.4 is 4.74 Å². The largest absolute Gasteiger partial charge is 0.504 e. The van der Waals surface area contributed by atoms with E-state index in [1.807, 2.05) is 17.0 Å². The zero-order valence-corrected chi connectivity index (χ0v) is 20.8. The van der Waals surface area contributed by atoms with Crippen molar-refractivity contribution in [1.82, 2.24) is 14.8 Å². The molecule has 6 heteroatoms. The Kier molecular flexibility index (Phi) is 7.32. The molecule has 2 aliphatic heterocycles. The Balaban J connectivity index is 1.72. The molecule has 6 nitrogen and oxygen atoms in total. The number of methoxy groups -OCH3 is 2. The van der Waals surface area contributed by atoms with Crippen LogP contribution >= 0.6 is 0 Å². The number of aromatic amines is 1. The summed E-state index contributed by atoms with van der Waals surface area (Å²) in [5, 5.41) is 1.22. The van der Waals surface area contributed by atoms with Gasteiger partial charge in [-0.1, -0.05) is 26.3 Å². The monoisotopic (exact) mass is 453 g/mol. The molecule has 2 aliphatic rings. The number of carbonyl (C=O) groups is 1. The number of nitrogens with zero attached hydrogens (tertiary/aromatic N) is 2. The summed E-state index contributed by atoms with van der Waals surface area (Å²) in [5.41, 5.74) is 4.65. The third-order valence-corrected chi connectivity index (χ3v) is 7.66. The molecule has 0 spiro atoms. The normalized spacial score (nSPS) is 23.2. The van der Waals surface area contributed by atoms with Crippen molar-refractivity contribution in [2.75, 3.05) is 40.4 Å². The van der Waals surface area contributed by atoms with E-state index in [4.69, 9.17) is 9.47 Å². The van der Waals surface area contributed by atoms with E-state index in [9.17, 15) is 4.79 Å². The third-order valence-electron chi connectivity index (χ3n) is 7.66. The molecule has 0 bridgehead atoms. The first-order valence-corrected chi connectivity index (χ1v) is 12.5. The van der Waals surface area contributed by atoms with E-state index in [1.54, 1.807) is 20.5 Å². The van der Waals surface area contributed by atoms with Gasteiger partial charge in [-0.25, -0.2) is 0 Å². The molecule has 1 fully saturated rings. The lowest BCUT2D eigenvalue weighted by atomic mass is 9.73. The number of hydrogen-bond donors (Lipinski definition) is 1. The molecule has 3 heterocycles. The zero-order valence-electron chi connectivity index (χ0n) is 20.8. The number of benzene rings is 1. The van der Waals surface area contributed by atoms with E-state index in [0.29, 0.717) is 5.92 Å². The van der Waals surface area contributed by atoms with Gasteiger partial charge in [-0.05, 0) is 55.7 Å². The van der Waals surface area contributed by atoms with Crippen LogP contribution in [0.15, 0.2) is 30.0 Å². The van der Waals surface area contributed by atoms with Gasteiger partial charge in [0.15, 0.2) is 0 Å². The van der Waals surface area contributed by atoms with Crippen LogP contribution in [0.1, 0.15) is 57.3 Å². The minimum atomic E-state index is 0.132. The van der Waals surface area contributed by atoms with Gasteiger partial charge < -0.3 is 19.4 Å². The molecule has 1 saturated heterocycles. The molecule has 33 heavy (non-hydrogen) atoms. The van der Waals surface area contributed by atoms with Crippen LogP contribution in [-0.4, -0.2) is 61.1 Å². The number of aromatic nitrogens is 1. The van der Waals surface area contributed by atoms with Crippen molar-refractivity contribution in [3.8, 4) is 5.75 Å². The van der Waals surface area contributed by atoms with E-state index >= 15 is 0 Å². The molecular weight excluding hydrogens is 414 g/mol. The summed E-state index contributed by atoms with van der Waals surface area (Å²) in [7, 11) is 3.40. The van der Waals surface area contributed by atoms with Gasteiger partial charge in [0.05, 0.1) is 32.1 Å². The smallest absolute Gasteiger partial charge is 0.253 e. The van der Waals surface area contributed by atoms with Gasteiger partial charge in [-0.2, -0.15) is 0 Å². The summed E-state index contributed by atoms with van der Waals surface area (Å²) >= 11 is 0. The van der Waals surface area contributed by atoms with Crippen molar-refractivity contribution in [1.29, 1.82) is 0 Å². The Bertz CT molecular complexity index is 1010. The zero-order chi connectivity index (χ0) is 23.5. The van der Waals surface area contributed by atoms with Crippen LogP contribution in [0.5, 0.6) is 5.75 Å². The summed E-state index contributed by atoms with van der Waals surface area (Å²) < 4.78 is 11.2. The Morgan fingerprint density at radius 1 is 1.27 bits per heavy atom. The molecule has 0 radical (unpaired) electrons.